The van der Waals surface area contributed by atoms with E-state index in [1.165, 1.54) is 21.5 Å². The van der Waals surface area contributed by atoms with Gasteiger partial charge in [0.15, 0.2) is 8.32 Å². The fraction of sp³-hybridized carbons (Fsp3) is 0.400. The van der Waals surface area contributed by atoms with Crippen molar-refractivity contribution >= 4 is 27.0 Å². The molecular formula is C40H52O3Si2. The Bertz CT molecular complexity index is 1370. The first-order chi connectivity index (χ1) is 21.5. The highest BCUT2D eigenvalue weighted by atomic mass is 28.4. The van der Waals surface area contributed by atoms with E-state index in [9.17, 15) is 0 Å². The fourth-order valence-corrected chi connectivity index (χ4v) is 19.6. The second-order valence-corrected chi connectivity index (χ2v) is 23.6. The van der Waals surface area contributed by atoms with Crippen molar-refractivity contribution in [2.45, 2.75) is 77.4 Å². The van der Waals surface area contributed by atoms with E-state index in [2.05, 4.69) is 162 Å². The summed E-state index contributed by atoms with van der Waals surface area (Å²) in [5.41, 5.74) is 2.86. The van der Waals surface area contributed by atoms with Crippen LogP contribution in [0.3, 0.4) is 0 Å². The predicted octanol–water partition coefficient (Wildman–Crippen LogP) is 8.99. The summed E-state index contributed by atoms with van der Waals surface area (Å²) < 4.78 is 21.0. The predicted molar refractivity (Wildman–Crippen MR) is 193 cm³/mol. The Balaban J connectivity index is 1.44. The zero-order valence-electron chi connectivity index (χ0n) is 28.2. The lowest BCUT2D eigenvalue weighted by Gasteiger charge is -2.49. The average Bonchev–Trinajstić information content (AvgIpc) is 3.38. The number of ether oxygens (including phenoxy) is 2. The van der Waals surface area contributed by atoms with Gasteiger partial charge in [-0.1, -0.05) is 149 Å². The minimum Gasteiger partial charge on any atom is -0.448 e. The Labute approximate surface area is 274 Å². The summed E-state index contributed by atoms with van der Waals surface area (Å²) in [4.78, 5) is 0. The van der Waals surface area contributed by atoms with Crippen LogP contribution in [0.4, 0.5) is 0 Å². The van der Waals surface area contributed by atoms with Crippen molar-refractivity contribution in [1.82, 2.24) is 0 Å². The molecule has 1 fully saturated rings. The molecule has 0 amide bonds. The molecule has 1 saturated carbocycles. The molecular weight excluding hydrogens is 585 g/mol. The first-order valence-corrected chi connectivity index (χ1v) is 21.5. The Kier molecular flexibility index (Phi) is 10.7. The SMILES string of the molecule is C[C@H]1CC(COCc2ccccc2)(COCc2ccccc2)C[C@@H]1[Si](C)(C)O[Si](c1ccccc1)(c1ccccc1)C(C)(C)C. The highest BCUT2D eigenvalue weighted by Gasteiger charge is 2.57. The molecule has 238 valence electrons. The maximum absolute atomic E-state index is 7.95. The van der Waals surface area contributed by atoms with Crippen LogP contribution in [-0.4, -0.2) is 29.8 Å². The zero-order chi connectivity index (χ0) is 32.0. The quantitative estimate of drug-likeness (QED) is 0.137. The molecule has 0 heterocycles. The summed E-state index contributed by atoms with van der Waals surface area (Å²) in [7, 11) is -4.96. The topological polar surface area (TPSA) is 27.7 Å². The highest BCUT2D eigenvalue weighted by molar-refractivity contribution is 7.04. The van der Waals surface area contributed by atoms with E-state index in [0.29, 0.717) is 37.9 Å². The number of rotatable bonds is 13. The minimum absolute atomic E-state index is 0.0451. The molecule has 4 aromatic rings. The van der Waals surface area contributed by atoms with Gasteiger partial charge in [0.05, 0.1) is 26.4 Å². The lowest BCUT2D eigenvalue weighted by Crippen LogP contribution is -2.70. The fourth-order valence-electron chi connectivity index (χ4n) is 7.82. The third-order valence-corrected chi connectivity index (χ3v) is 20.2. The molecule has 2 atom stereocenters. The van der Waals surface area contributed by atoms with E-state index in [1.54, 1.807) is 0 Å². The molecule has 0 N–H and O–H groups in total. The molecule has 0 aromatic heterocycles. The van der Waals surface area contributed by atoms with Crippen LogP contribution in [0.2, 0.25) is 23.7 Å². The highest BCUT2D eigenvalue weighted by Crippen LogP contribution is 2.55. The smallest absolute Gasteiger partial charge is 0.250 e. The normalized spacial score (nSPS) is 18.6. The molecule has 0 radical (unpaired) electrons. The van der Waals surface area contributed by atoms with Gasteiger partial charge < -0.3 is 13.6 Å². The van der Waals surface area contributed by atoms with Crippen LogP contribution in [-0.2, 0) is 26.8 Å². The van der Waals surface area contributed by atoms with E-state index >= 15 is 0 Å². The largest absolute Gasteiger partial charge is 0.448 e. The van der Waals surface area contributed by atoms with Crippen molar-refractivity contribution in [1.29, 1.82) is 0 Å². The van der Waals surface area contributed by atoms with Crippen LogP contribution in [0.1, 0.15) is 51.7 Å². The molecule has 3 nitrogen and oxygen atoms in total. The molecule has 4 aromatic carbocycles. The lowest BCUT2D eigenvalue weighted by molar-refractivity contribution is -0.0314. The van der Waals surface area contributed by atoms with Gasteiger partial charge in [0.25, 0.3) is 8.32 Å². The van der Waals surface area contributed by atoms with E-state index in [-0.39, 0.29) is 10.5 Å². The van der Waals surface area contributed by atoms with Crippen molar-refractivity contribution in [3.63, 3.8) is 0 Å². The first-order valence-electron chi connectivity index (χ1n) is 16.6. The molecule has 0 unspecified atom stereocenters. The molecule has 1 aliphatic carbocycles. The van der Waals surface area contributed by atoms with Crippen LogP contribution < -0.4 is 10.4 Å². The maximum Gasteiger partial charge on any atom is 0.250 e. The molecule has 0 bridgehead atoms. The van der Waals surface area contributed by atoms with E-state index < -0.39 is 16.6 Å². The van der Waals surface area contributed by atoms with Crippen molar-refractivity contribution in [2.24, 2.45) is 11.3 Å². The third-order valence-electron chi connectivity index (χ3n) is 9.86. The second kappa shape index (κ2) is 14.3. The lowest BCUT2D eigenvalue weighted by atomic mass is 9.87. The van der Waals surface area contributed by atoms with Gasteiger partial charge in [0, 0.05) is 5.41 Å². The first kappa shape index (κ1) is 33.6. The number of hydrogen-bond donors (Lipinski definition) is 0. The molecule has 5 rings (SSSR count). The maximum atomic E-state index is 7.95. The Morgan fingerprint density at radius 1 is 0.622 bits per heavy atom. The van der Waals surface area contributed by atoms with Crippen molar-refractivity contribution in [3.05, 3.63) is 132 Å². The Morgan fingerprint density at radius 3 is 1.42 bits per heavy atom. The van der Waals surface area contributed by atoms with Crippen LogP contribution >= 0.6 is 0 Å². The van der Waals surface area contributed by atoms with Crippen molar-refractivity contribution in [3.8, 4) is 0 Å². The van der Waals surface area contributed by atoms with Gasteiger partial charge in [-0.2, -0.15) is 0 Å². The van der Waals surface area contributed by atoms with Gasteiger partial charge in [-0.25, -0.2) is 0 Å². The molecule has 1 aliphatic rings. The summed E-state index contributed by atoms with van der Waals surface area (Å²) in [6.45, 7) is 17.2. The van der Waals surface area contributed by atoms with Gasteiger partial charge in [-0.3, -0.25) is 0 Å². The molecule has 0 aliphatic heterocycles. The van der Waals surface area contributed by atoms with Crippen molar-refractivity contribution < 1.29 is 13.6 Å². The summed E-state index contributed by atoms with van der Waals surface area (Å²) in [6.07, 6.45) is 2.15. The standard InChI is InChI=1S/C40H52O3Si2/c1-33-27-40(31-41-29-34-19-11-7-12-20-34,32-42-30-35-21-13-8-14-22-35)28-38(33)44(5,6)43-45(39(2,3)4,36-23-15-9-16-24-36)37-25-17-10-18-26-37/h7-26,33,38H,27-32H2,1-6H3/t33-,38-/m0/s1. The van der Waals surface area contributed by atoms with Gasteiger partial charge in [-0.15, -0.1) is 0 Å². The Hall–Kier alpha value is -2.81. The molecule has 0 spiro atoms. The van der Waals surface area contributed by atoms with Gasteiger partial charge >= 0.3 is 0 Å². The molecule has 5 heteroatoms. The van der Waals surface area contributed by atoms with Crippen LogP contribution in [0.5, 0.6) is 0 Å². The summed E-state index contributed by atoms with van der Waals surface area (Å²) in [5, 5.41) is 2.67. The summed E-state index contributed by atoms with van der Waals surface area (Å²) in [6, 6.07) is 43.3. The summed E-state index contributed by atoms with van der Waals surface area (Å²) in [5.74, 6) is 0.519. The van der Waals surface area contributed by atoms with Gasteiger partial charge in [-0.05, 0) is 63.9 Å². The van der Waals surface area contributed by atoms with Gasteiger partial charge in [0.1, 0.15) is 0 Å². The van der Waals surface area contributed by atoms with Crippen LogP contribution in [0.25, 0.3) is 0 Å². The molecule has 0 saturated heterocycles. The zero-order valence-corrected chi connectivity index (χ0v) is 30.2. The van der Waals surface area contributed by atoms with Crippen LogP contribution in [0, 0.1) is 11.3 Å². The second-order valence-electron chi connectivity index (χ2n) is 14.8. The van der Waals surface area contributed by atoms with E-state index in [4.69, 9.17) is 13.6 Å². The number of hydrogen-bond acceptors (Lipinski definition) is 3. The third kappa shape index (κ3) is 7.78. The Morgan fingerprint density at radius 2 is 1.02 bits per heavy atom. The van der Waals surface area contributed by atoms with E-state index in [1.807, 2.05) is 0 Å². The van der Waals surface area contributed by atoms with Crippen molar-refractivity contribution in [2.75, 3.05) is 13.2 Å². The monoisotopic (exact) mass is 636 g/mol. The molecule has 45 heavy (non-hydrogen) atoms. The van der Waals surface area contributed by atoms with Gasteiger partial charge in [0.2, 0.25) is 0 Å². The number of benzene rings is 4. The van der Waals surface area contributed by atoms with E-state index in [0.717, 1.165) is 12.8 Å². The average molecular weight is 637 g/mol. The summed E-state index contributed by atoms with van der Waals surface area (Å²) >= 11 is 0. The van der Waals surface area contributed by atoms with Crippen LogP contribution in [0.15, 0.2) is 121 Å². The minimum atomic E-state index is -2.67.